The van der Waals surface area contributed by atoms with Crippen LogP contribution >= 0.6 is 0 Å². The van der Waals surface area contributed by atoms with E-state index in [4.69, 9.17) is 20.3 Å². The van der Waals surface area contributed by atoms with Crippen LogP contribution in [0.25, 0.3) is 22.0 Å². The molecule has 0 spiro atoms. The Morgan fingerprint density at radius 1 is 0.947 bits per heavy atom. The third-order valence-corrected chi connectivity index (χ3v) is 5.74. The Labute approximate surface area is 227 Å². The van der Waals surface area contributed by atoms with Crippen LogP contribution in [0.15, 0.2) is 66.7 Å². The highest BCUT2D eigenvalue weighted by Crippen LogP contribution is 2.30. The third kappa shape index (κ3) is 7.68. The van der Waals surface area contributed by atoms with Crippen molar-refractivity contribution >= 4 is 16.9 Å². The van der Waals surface area contributed by atoms with Gasteiger partial charge in [-0.15, -0.1) is 0 Å². The molecule has 0 aliphatic carbocycles. The summed E-state index contributed by atoms with van der Waals surface area (Å²) in [7, 11) is 0. The molecule has 3 aromatic carbocycles. The molecule has 0 unspecified atom stereocenters. The molecule has 0 atom stereocenters. The number of fused-ring (bicyclic) bond motifs is 1. The smallest absolute Gasteiger partial charge is 0.310 e. The van der Waals surface area contributed by atoms with E-state index in [1.807, 2.05) is 68.8 Å². The highest BCUT2D eigenvalue weighted by atomic mass is 16.5. The number of aromatic nitrogens is 2. The zero-order chi connectivity index (χ0) is 28.1. The second-order valence-electron chi connectivity index (χ2n) is 8.50. The molecule has 0 amide bonds. The Hall–Kier alpha value is -3.64. The maximum absolute atomic E-state index is 12.0. The summed E-state index contributed by atoms with van der Waals surface area (Å²) in [4.78, 5) is 12.0. The van der Waals surface area contributed by atoms with Gasteiger partial charge in [-0.05, 0) is 61.7 Å². The van der Waals surface area contributed by atoms with Gasteiger partial charge >= 0.3 is 5.97 Å². The van der Waals surface area contributed by atoms with Gasteiger partial charge in [-0.2, -0.15) is 5.10 Å². The van der Waals surface area contributed by atoms with Gasteiger partial charge in [0.05, 0.1) is 18.5 Å². The summed E-state index contributed by atoms with van der Waals surface area (Å²) in [5, 5.41) is 5.92. The molecule has 0 fully saturated rings. The maximum atomic E-state index is 12.0. The first-order valence-electron chi connectivity index (χ1n) is 13.7. The van der Waals surface area contributed by atoms with Crippen LogP contribution in [0.4, 0.5) is 0 Å². The lowest BCUT2D eigenvalue weighted by Crippen LogP contribution is -2.09. The van der Waals surface area contributed by atoms with E-state index < -0.39 is 0 Å². The van der Waals surface area contributed by atoms with Crippen LogP contribution in [0.3, 0.4) is 0 Å². The van der Waals surface area contributed by atoms with Crippen molar-refractivity contribution < 1.29 is 14.3 Å². The van der Waals surface area contributed by atoms with Crippen molar-refractivity contribution in [3.63, 3.8) is 0 Å². The molecule has 1 aromatic heterocycles. The second kappa shape index (κ2) is 15.6. The van der Waals surface area contributed by atoms with Gasteiger partial charge in [-0.3, -0.25) is 9.48 Å². The van der Waals surface area contributed by atoms with E-state index in [2.05, 4.69) is 44.2 Å². The highest BCUT2D eigenvalue weighted by molar-refractivity contribution is 5.87. The molecule has 4 aromatic rings. The van der Waals surface area contributed by atoms with Crippen LogP contribution in [-0.2, 0) is 29.1 Å². The van der Waals surface area contributed by atoms with E-state index in [0.29, 0.717) is 25.5 Å². The summed E-state index contributed by atoms with van der Waals surface area (Å²) in [6.45, 7) is 15.2. The molecule has 0 aliphatic heterocycles. The molecule has 2 N–H and O–H groups in total. The molecule has 0 aliphatic rings. The molecule has 204 valence electrons. The van der Waals surface area contributed by atoms with Crippen LogP contribution in [0.5, 0.6) is 5.75 Å². The summed E-state index contributed by atoms with van der Waals surface area (Å²) in [5.74, 6) is 0.395. The molecule has 6 heteroatoms. The number of carbonyl (C=O) groups excluding carboxylic acids is 1. The average molecular weight is 518 g/mol. The summed E-state index contributed by atoms with van der Waals surface area (Å²) in [6.07, 6.45) is 0.173. The number of para-hydroxylation sites is 1. The third-order valence-electron chi connectivity index (χ3n) is 5.74. The van der Waals surface area contributed by atoms with Crippen molar-refractivity contribution in [2.24, 2.45) is 5.73 Å². The topological polar surface area (TPSA) is 79.4 Å². The van der Waals surface area contributed by atoms with Crippen molar-refractivity contribution in [2.75, 3.05) is 6.61 Å². The molecule has 6 nitrogen and oxygen atoms in total. The summed E-state index contributed by atoms with van der Waals surface area (Å²) >= 11 is 0. The maximum Gasteiger partial charge on any atom is 0.310 e. The van der Waals surface area contributed by atoms with Gasteiger partial charge in [0.2, 0.25) is 0 Å². The van der Waals surface area contributed by atoms with Gasteiger partial charge in [0.15, 0.2) is 0 Å². The van der Waals surface area contributed by atoms with Gasteiger partial charge in [0.1, 0.15) is 18.1 Å². The Morgan fingerprint density at radius 3 is 2.34 bits per heavy atom. The number of rotatable bonds is 9. The van der Waals surface area contributed by atoms with Gasteiger partial charge < -0.3 is 15.2 Å². The fraction of sp³-hybridized carbons (Fsp3) is 0.375. The molecule has 1 heterocycles. The molecule has 0 saturated heterocycles. The van der Waals surface area contributed by atoms with Crippen LogP contribution in [0, 0.1) is 0 Å². The number of benzene rings is 3. The minimum absolute atomic E-state index is 0.173. The van der Waals surface area contributed by atoms with Crippen LogP contribution in [0.1, 0.15) is 71.3 Å². The summed E-state index contributed by atoms with van der Waals surface area (Å²) in [6, 6.07) is 22.4. The Kier molecular flexibility index (Phi) is 12.5. The van der Waals surface area contributed by atoms with E-state index in [-0.39, 0.29) is 18.4 Å². The summed E-state index contributed by atoms with van der Waals surface area (Å²) < 4.78 is 13.3. The van der Waals surface area contributed by atoms with E-state index >= 15 is 0 Å². The van der Waals surface area contributed by atoms with Gasteiger partial charge in [0.25, 0.3) is 0 Å². The predicted octanol–water partition coefficient (Wildman–Crippen LogP) is 7.48. The van der Waals surface area contributed by atoms with Gasteiger partial charge in [-0.1, -0.05) is 70.2 Å². The number of hydrogen-bond acceptors (Lipinski definition) is 5. The van der Waals surface area contributed by atoms with Crippen molar-refractivity contribution in [3.05, 3.63) is 83.6 Å². The fourth-order valence-electron chi connectivity index (χ4n) is 4.07. The lowest BCUT2D eigenvalue weighted by Gasteiger charge is -2.10. The number of carbonyl (C=O) groups is 1. The molecule has 38 heavy (non-hydrogen) atoms. The molecule has 0 bridgehead atoms. The molecule has 0 saturated carbocycles. The van der Waals surface area contributed by atoms with E-state index in [9.17, 15) is 4.79 Å². The zero-order valence-corrected chi connectivity index (χ0v) is 24.0. The SMILES string of the molecule is CC.CC.CCOC(=O)Cc1ccccc1OCc1nn(C(C)C)c2ccc(-c3cccc(CN)c3)cc12. The highest BCUT2D eigenvalue weighted by Gasteiger charge is 2.16. The van der Waals surface area contributed by atoms with Crippen molar-refractivity contribution in [2.45, 2.75) is 74.1 Å². The standard InChI is InChI=1S/C28H31N3O3.2C2H6/c1-4-33-28(32)16-23-9-5-6-11-27(23)34-18-25-24-15-22(21-10-7-8-20(14-21)17-29)12-13-26(24)31(30-25)19(2)3;2*1-2/h5-15,19H,4,16-18,29H2,1-3H3;2*1-2H3. The van der Waals surface area contributed by atoms with Crippen LogP contribution in [0.2, 0.25) is 0 Å². The number of ether oxygens (including phenoxy) is 2. The Balaban J connectivity index is 0.00000121. The molecular weight excluding hydrogens is 474 g/mol. The van der Waals surface area contributed by atoms with Crippen molar-refractivity contribution in [1.29, 1.82) is 0 Å². The lowest BCUT2D eigenvalue weighted by atomic mass is 10.0. The number of hydrogen-bond donors (Lipinski definition) is 1. The second-order valence-corrected chi connectivity index (χ2v) is 8.50. The predicted molar refractivity (Wildman–Crippen MR) is 157 cm³/mol. The fourth-order valence-corrected chi connectivity index (χ4v) is 4.07. The number of nitrogens with two attached hydrogens (primary N) is 1. The lowest BCUT2D eigenvalue weighted by molar-refractivity contribution is -0.142. The molecule has 0 radical (unpaired) electrons. The largest absolute Gasteiger partial charge is 0.487 e. The van der Waals surface area contributed by atoms with E-state index in [1.165, 1.54) is 0 Å². The van der Waals surface area contributed by atoms with Gasteiger partial charge in [-0.25, -0.2) is 0 Å². The minimum Gasteiger partial charge on any atom is -0.487 e. The Morgan fingerprint density at radius 2 is 1.66 bits per heavy atom. The zero-order valence-electron chi connectivity index (χ0n) is 24.0. The minimum atomic E-state index is -0.266. The molecule has 4 rings (SSSR count). The molecular formula is C32H43N3O3. The monoisotopic (exact) mass is 517 g/mol. The summed E-state index contributed by atoms with van der Waals surface area (Å²) in [5.41, 5.74) is 11.9. The van der Waals surface area contributed by atoms with Gasteiger partial charge in [0, 0.05) is 23.5 Å². The Bertz CT molecular complexity index is 1290. The van der Waals surface area contributed by atoms with Crippen LogP contribution < -0.4 is 10.5 Å². The van der Waals surface area contributed by atoms with Crippen molar-refractivity contribution in [3.8, 4) is 16.9 Å². The first kappa shape index (κ1) is 30.6. The normalized spacial score (nSPS) is 10.3. The quantitative estimate of drug-likeness (QED) is 0.233. The van der Waals surface area contributed by atoms with Crippen LogP contribution in [-0.4, -0.2) is 22.4 Å². The van der Waals surface area contributed by atoms with E-state index in [1.54, 1.807) is 6.92 Å². The number of nitrogens with zero attached hydrogens (tertiary/aromatic N) is 2. The first-order chi connectivity index (χ1) is 18.5. The first-order valence-corrected chi connectivity index (χ1v) is 13.7. The van der Waals surface area contributed by atoms with E-state index in [0.717, 1.165) is 38.9 Å². The average Bonchev–Trinajstić information content (AvgIpc) is 3.33. The number of esters is 1. The van der Waals surface area contributed by atoms with Crippen molar-refractivity contribution in [1.82, 2.24) is 9.78 Å².